The lowest BCUT2D eigenvalue weighted by Gasteiger charge is -2.42. The fraction of sp³-hybridized carbons (Fsp3) is 0.286. The van der Waals surface area contributed by atoms with Crippen molar-refractivity contribution in [3.05, 3.63) is 76.0 Å². The Hall–Kier alpha value is -2.26. The van der Waals surface area contributed by atoms with Gasteiger partial charge in [-0.3, -0.25) is 9.69 Å². The van der Waals surface area contributed by atoms with E-state index in [9.17, 15) is 4.79 Å². The molecule has 0 fully saturated rings. The van der Waals surface area contributed by atoms with Crippen LogP contribution in [0.5, 0.6) is 0 Å². The maximum atomic E-state index is 13.3. The van der Waals surface area contributed by atoms with Crippen molar-refractivity contribution in [2.75, 3.05) is 6.73 Å². The molecule has 0 saturated heterocycles. The minimum Gasteiger partial charge on any atom is -0.477 e. The van der Waals surface area contributed by atoms with Gasteiger partial charge in [-0.15, -0.1) is 0 Å². The van der Waals surface area contributed by atoms with Crippen LogP contribution in [0.1, 0.15) is 37.5 Å². The van der Waals surface area contributed by atoms with E-state index in [2.05, 4.69) is 6.07 Å². The largest absolute Gasteiger partial charge is 0.477 e. The van der Waals surface area contributed by atoms with E-state index in [4.69, 9.17) is 16.3 Å². The highest BCUT2D eigenvalue weighted by atomic mass is 35.5. The van der Waals surface area contributed by atoms with Crippen LogP contribution in [-0.2, 0) is 15.1 Å². The first-order valence-electron chi connectivity index (χ1n) is 8.29. The summed E-state index contributed by atoms with van der Waals surface area (Å²) in [7, 11) is 0. The van der Waals surface area contributed by atoms with Gasteiger partial charge < -0.3 is 4.74 Å². The molecule has 0 spiro atoms. The monoisotopic (exact) mass is 355 g/mol. The van der Waals surface area contributed by atoms with Gasteiger partial charge in [-0.05, 0) is 56.5 Å². The number of hydrogen-bond donors (Lipinski definition) is 0. The van der Waals surface area contributed by atoms with Gasteiger partial charge in [0.2, 0.25) is 0 Å². The Balaban J connectivity index is 2.02. The molecule has 0 saturated carbocycles. The summed E-state index contributed by atoms with van der Waals surface area (Å²) in [6.45, 7) is 8.10. The molecule has 1 heterocycles. The quantitative estimate of drug-likeness (QED) is 0.763. The van der Waals surface area contributed by atoms with Crippen molar-refractivity contribution in [1.82, 2.24) is 4.90 Å². The molecule has 1 aliphatic heterocycles. The van der Waals surface area contributed by atoms with Gasteiger partial charge >= 0.3 is 0 Å². The van der Waals surface area contributed by atoms with Gasteiger partial charge in [0, 0.05) is 5.02 Å². The molecule has 2 aromatic carbocycles. The molecular formula is C21H22ClNO2. The fourth-order valence-corrected chi connectivity index (χ4v) is 3.46. The van der Waals surface area contributed by atoms with Crippen LogP contribution in [0.2, 0.25) is 5.02 Å². The highest BCUT2D eigenvalue weighted by Gasteiger charge is 2.38. The van der Waals surface area contributed by atoms with Crippen molar-refractivity contribution >= 4 is 23.1 Å². The van der Waals surface area contributed by atoms with Crippen LogP contribution < -0.4 is 0 Å². The van der Waals surface area contributed by atoms with Crippen LogP contribution in [0, 0.1) is 6.92 Å². The summed E-state index contributed by atoms with van der Waals surface area (Å²) >= 11 is 6.24. The fourth-order valence-electron chi connectivity index (χ4n) is 3.17. The summed E-state index contributed by atoms with van der Waals surface area (Å²) < 4.78 is 5.85. The molecule has 0 N–H and O–H groups in total. The summed E-state index contributed by atoms with van der Waals surface area (Å²) in [5.74, 6) is 0.628. The number of carbonyl (C=O) groups is 1. The Labute approximate surface area is 153 Å². The molecule has 130 valence electrons. The smallest absolute Gasteiger partial charge is 0.261 e. The average Bonchev–Trinajstić information content (AvgIpc) is 2.54. The summed E-state index contributed by atoms with van der Waals surface area (Å²) in [6, 6.07) is 15.5. The van der Waals surface area contributed by atoms with Crippen molar-refractivity contribution in [1.29, 1.82) is 0 Å². The third-order valence-corrected chi connectivity index (χ3v) is 4.93. The summed E-state index contributed by atoms with van der Waals surface area (Å²) in [4.78, 5) is 15.0. The first kappa shape index (κ1) is 17.6. The van der Waals surface area contributed by atoms with Crippen LogP contribution >= 0.6 is 11.6 Å². The van der Waals surface area contributed by atoms with Crippen molar-refractivity contribution in [3.8, 4) is 0 Å². The van der Waals surface area contributed by atoms with Gasteiger partial charge in [-0.1, -0.05) is 48.0 Å². The molecule has 1 amide bonds. The number of carbonyl (C=O) groups excluding carboxylic acids is 1. The van der Waals surface area contributed by atoms with E-state index in [-0.39, 0.29) is 12.6 Å². The van der Waals surface area contributed by atoms with Crippen molar-refractivity contribution in [3.63, 3.8) is 0 Å². The molecular weight excluding hydrogens is 334 g/mol. The van der Waals surface area contributed by atoms with Gasteiger partial charge in [0.1, 0.15) is 5.76 Å². The van der Waals surface area contributed by atoms with Crippen LogP contribution in [0.3, 0.4) is 0 Å². The second-order valence-electron chi connectivity index (χ2n) is 6.88. The van der Waals surface area contributed by atoms with Gasteiger partial charge in [0.15, 0.2) is 6.73 Å². The summed E-state index contributed by atoms with van der Waals surface area (Å²) in [5, 5.41) is 0.670. The molecule has 3 rings (SSSR count). The Bertz CT molecular complexity index is 820. The number of ether oxygens (including phenoxy) is 1. The number of halogens is 1. The topological polar surface area (TPSA) is 29.5 Å². The van der Waals surface area contributed by atoms with Crippen molar-refractivity contribution in [2.24, 2.45) is 0 Å². The second kappa shape index (κ2) is 6.57. The van der Waals surface area contributed by atoms with Crippen molar-refractivity contribution in [2.45, 2.75) is 33.2 Å². The molecule has 0 aromatic heterocycles. The SMILES string of the molecule is CC1=C(c2ccccc2)C(=O)N(C(C)(C)c2cc(C)cc(Cl)c2)CO1. The predicted molar refractivity (Wildman–Crippen MR) is 101 cm³/mol. The van der Waals surface area contributed by atoms with E-state index in [0.29, 0.717) is 16.4 Å². The molecule has 0 aliphatic carbocycles. The van der Waals surface area contributed by atoms with Gasteiger partial charge in [-0.25, -0.2) is 0 Å². The molecule has 0 radical (unpaired) electrons. The maximum Gasteiger partial charge on any atom is 0.261 e. The van der Waals surface area contributed by atoms with E-state index in [1.54, 1.807) is 4.90 Å². The zero-order chi connectivity index (χ0) is 18.2. The Morgan fingerprint density at radius 1 is 1.08 bits per heavy atom. The van der Waals surface area contributed by atoms with Crippen LogP contribution in [0.15, 0.2) is 54.3 Å². The van der Waals surface area contributed by atoms with Gasteiger partial charge in [0.25, 0.3) is 5.91 Å². The first-order chi connectivity index (χ1) is 11.8. The predicted octanol–water partition coefficient (Wildman–Crippen LogP) is 5.13. The van der Waals surface area contributed by atoms with E-state index in [1.165, 1.54) is 0 Å². The lowest BCUT2D eigenvalue weighted by molar-refractivity contribution is -0.139. The van der Waals surface area contributed by atoms with Crippen molar-refractivity contribution < 1.29 is 9.53 Å². The molecule has 1 aliphatic rings. The Morgan fingerprint density at radius 2 is 1.76 bits per heavy atom. The zero-order valence-corrected chi connectivity index (χ0v) is 15.7. The third-order valence-electron chi connectivity index (χ3n) is 4.71. The third kappa shape index (κ3) is 3.29. The minimum absolute atomic E-state index is 0.0300. The number of rotatable bonds is 3. The Kier molecular flexibility index (Phi) is 4.61. The lowest BCUT2D eigenvalue weighted by atomic mass is 9.89. The van der Waals surface area contributed by atoms with Crippen LogP contribution in [-0.4, -0.2) is 17.5 Å². The van der Waals surface area contributed by atoms with Gasteiger partial charge in [-0.2, -0.15) is 0 Å². The standard InChI is InChI=1S/C21H22ClNO2/c1-14-10-17(12-18(22)11-14)21(3,4)23-13-25-15(2)19(20(23)24)16-8-6-5-7-9-16/h5-12H,13H2,1-4H3. The second-order valence-corrected chi connectivity index (χ2v) is 7.32. The molecule has 25 heavy (non-hydrogen) atoms. The summed E-state index contributed by atoms with van der Waals surface area (Å²) in [5.41, 5.74) is 2.98. The zero-order valence-electron chi connectivity index (χ0n) is 15.0. The highest BCUT2D eigenvalue weighted by Crippen LogP contribution is 2.36. The van der Waals surface area contributed by atoms with Gasteiger partial charge in [0.05, 0.1) is 11.1 Å². The molecule has 0 atom stereocenters. The first-order valence-corrected chi connectivity index (χ1v) is 8.67. The normalized spacial score (nSPS) is 15.4. The van der Waals surface area contributed by atoms with Crippen LogP contribution in [0.25, 0.3) is 5.57 Å². The number of allylic oxidation sites excluding steroid dienone is 1. The summed E-state index contributed by atoms with van der Waals surface area (Å²) in [6.07, 6.45) is 0. The van der Waals surface area contributed by atoms with Crippen LogP contribution in [0.4, 0.5) is 0 Å². The number of aryl methyl sites for hydroxylation is 1. The molecule has 0 unspecified atom stereocenters. The number of benzene rings is 2. The number of amides is 1. The molecule has 3 nitrogen and oxygen atoms in total. The van der Waals surface area contributed by atoms with E-state index in [1.807, 2.05) is 70.2 Å². The molecule has 0 bridgehead atoms. The molecule has 4 heteroatoms. The minimum atomic E-state index is -0.548. The van der Waals surface area contributed by atoms with E-state index in [0.717, 1.165) is 16.7 Å². The van der Waals surface area contributed by atoms with E-state index < -0.39 is 5.54 Å². The maximum absolute atomic E-state index is 13.3. The Morgan fingerprint density at radius 3 is 2.40 bits per heavy atom. The van der Waals surface area contributed by atoms with E-state index >= 15 is 0 Å². The highest BCUT2D eigenvalue weighted by molar-refractivity contribution is 6.30. The number of hydrogen-bond acceptors (Lipinski definition) is 2. The lowest BCUT2D eigenvalue weighted by Crippen LogP contribution is -2.49. The number of nitrogens with zero attached hydrogens (tertiary/aromatic N) is 1. The average molecular weight is 356 g/mol. The molecule has 2 aromatic rings.